The zero-order valence-corrected chi connectivity index (χ0v) is 8.96. The summed E-state index contributed by atoms with van der Waals surface area (Å²) in [7, 11) is 0. The summed E-state index contributed by atoms with van der Waals surface area (Å²) in [5, 5.41) is 9.44. The van der Waals surface area contributed by atoms with Crippen molar-refractivity contribution in [1.29, 1.82) is 0 Å². The van der Waals surface area contributed by atoms with Gasteiger partial charge >= 0.3 is 5.97 Å². The lowest BCUT2D eigenvalue weighted by Gasteiger charge is -2.09. The van der Waals surface area contributed by atoms with Crippen LogP contribution in [-0.4, -0.2) is 27.9 Å². The van der Waals surface area contributed by atoms with Gasteiger partial charge in [-0.2, -0.15) is 12.6 Å². The Morgan fingerprint density at radius 2 is 2.50 bits per heavy atom. The predicted octanol–water partition coefficient (Wildman–Crippen LogP) is 1.06. The topological polar surface area (TPSA) is 62.2 Å². The second-order valence-corrected chi connectivity index (χ2v) is 3.68. The minimum Gasteiger partial charge on any atom is -0.480 e. The molecule has 0 amide bonds. The first-order valence-electron chi connectivity index (χ1n) is 3.91. The van der Waals surface area contributed by atoms with Gasteiger partial charge < -0.3 is 5.11 Å². The minimum atomic E-state index is -0.913. The van der Waals surface area contributed by atoms with Crippen LogP contribution in [0.1, 0.15) is 0 Å². The van der Waals surface area contributed by atoms with Crippen LogP contribution in [0.4, 0.5) is 0 Å². The molecule has 0 fully saturated rings. The van der Waals surface area contributed by atoms with Gasteiger partial charge in [-0.15, -0.1) is 0 Å². The average Bonchev–Trinajstić information content (AvgIpc) is 2.20. The van der Waals surface area contributed by atoms with E-state index in [9.17, 15) is 4.79 Å². The van der Waals surface area contributed by atoms with E-state index in [4.69, 9.17) is 5.11 Å². The fourth-order valence-corrected chi connectivity index (χ4v) is 1.78. The molecule has 1 aromatic rings. The monoisotopic (exact) mass is 230 g/mol. The Labute approximate surface area is 91.7 Å². The summed E-state index contributed by atoms with van der Waals surface area (Å²) in [5.41, 5.74) is 0. The summed E-state index contributed by atoms with van der Waals surface area (Å²) in [6, 6.07) is 4.78. The first-order chi connectivity index (χ1) is 6.74. The van der Waals surface area contributed by atoms with Crippen LogP contribution in [-0.2, 0) is 4.79 Å². The van der Waals surface area contributed by atoms with E-state index < -0.39 is 12.0 Å². The molecule has 0 radical (unpaired) electrons. The molecule has 0 aliphatic heterocycles. The number of aliphatic carboxylic acids is 1. The van der Waals surface area contributed by atoms with E-state index in [1.54, 1.807) is 18.3 Å². The van der Waals surface area contributed by atoms with Crippen LogP contribution >= 0.6 is 24.6 Å². The van der Waals surface area contributed by atoms with Gasteiger partial charge in [-0.25, -0.2) is 9.71 Å². The molecule has 0 bridgehead atoms. The molecule has 0 aliphatic carbocycles. The lowest BCUT2D eigenvalue weighted by Crippen LogP contribution is -2.33. The highest BCUT2D eigenvalue weighted by molar-refractivity contribution is 7.97. The highest BCUT2D eigenvalue weighted by atomic mass is 32.2. The summed E-state index contributed by atoms with van der Waals surface area (Å²) < 4.78 is 2.76. The quantitative estimate of drug-likeness (QED) is 0.521. The zero-order chi connectivity index (χ0) is 10.4. The molecule has 0 saturated heterocycles. The molecule has 6 heteroatoms. The molecule has 1 unspecified atom stereocenters. The van der Waals surface area contributed by atoms with Gasteiger partial charge in [0.25, 0.3) is 0 Å². The van der Waals surface area contributed by atoms with Crippen LogP contribution < -0.4 is 4.72 Å². The van der Waals surface area contributed by atoms with Crippen LogP contribution in [0.25, 0.3) is 0 Å². The number of aromatic nitrogens is 1. The third kappa shape index (κ3) is 3.57. The summed E-state index contributed by atoms with van der Waals surface area (Å²) in [6.07, 6.45) is 1.65. The highest BCUT2D eigenvalue weighted by Gasteiger charge is 2.14. The van der Waals surface area contributed by atoms with E-state index in [0.29, 0.717) is 0 Å². The minimum absolute atomic E-state index is 0.245. The number of carbonyl (C=O) groups is 1. The summed E-state index contributed by atoms with van der Waals surface area (Å²) >= 11 is 5.11. The van der Waals surface area contributed by atoms with Crippen molar-refractivity contribution in [1.82, 2.24) is 9.71 Å². The number of nitrogens with zero attached hydrogens (tertiary/aromatic N) is 1. The number of nitrogens with one attached hydrogen (secondary N) is 1. The van der Waals surface area contributed by atoms with E-state index >= 15 is 0 Å². The number of rotatable bonds is 5. The van der Waals surface area contributed by atoms with Gasteiger partial charge in [-0.3, -0.25) is 4.79 Å². The lowest BCUT2D eigenvalue weighted by atomic mass is 10.4. The number of carboxylic acid groups (broad SMARTS) is 1. The molecule has 1 rings (SSSR count). The first-order valence-corrected chi connectivity index (χ1v) is 5.36. The number of hydrogen-bond donors (Lipinski definition) is 3. The summed E-state index contributed by atoms with van der Waals surface area (Å²) in [5.74, 6) is -0.668. The normalized spacial score (nSPS) is 12.4. The lowest BCUT2D eigenvalue weighted by molar-refractivity contribution is -0.138. The van der Waals surface area contributed by atoms with E-state index in [-0.39, 0.29) is 5.75 Å². The fraction of sp³-hybridized carbons (Fsp3) is 0.250. The molecule has 1 aromatic heterocycles. The first kappa shape index (κ1) is 11.4. The largest absolute Gasteiger partial charge is 0.480 e. The molecule has 0 spiro atoms. The van der Waals surface area contributed by atoms with Crippen molar-refractivity contribution < 1.29 is 9.90 Å². The molecule has 0 saturated carbocycles. The van der Waals surface area contributed by atoms with Crippen molar-refractivity contribution in [3.8, 4) is 0 Å². The van der Waals surface area contributed by atoms with Crippen molar-refractivity contribution in [3.63, 3.8) is 0 Å². The predicted molar refractivity (Wildman–Crippen MR) is 58.5 cm³/mol. The zero-order valence-electron chi connectivity index (χ0n) is 7.25. The number of thiol groups is 1. The Kier molecular flexibility index (Phi) is 4.78. The Bertz CT molecular complexity index is 295. The van der Waals surface area contributed by atoms with E-state index in [0.717, 1.165) is 5.03 Å². The molecule has 2 N–H and O–H groups in total. The fourth-order valence-electron chi connectivity index (χ4n) is 0.705. The molecule has 0 aliphatic rings. The third-order valence-corrected chi connectivity index (χ3v) is 2.64. The Hall–Kier alpha value is -0.720. The molecule has 1 atom stereocenters. The van der Waals surface area contributed by atoms with Gasteiger partial charge in [0.05, 0.1) is 0 Å². The smallest absolute Gasteiger partial charge is 0.322 e. The van der Waals surface area contributed by atoms with E-state index in [2.05, 4.69) is 22.3 Å². The van der Waals surface area contributed by atoms with Crippen LogP contribution in [0, 0.1) is 0 Å². The van der Waals surface area contributed by atoms with Gasteiger partial charge in [-0.1, -0.05) is 6.07 Å². The molecule has 0 aromatic carbocycles. The second kappa shape index (κ2) is 5.90. The molecule has 14 heavy (non-hydrogen) atoms. The van der Waals surface area contributed by atoms with Gasteiger partial charge in [-0.05, 0) is 24.1 Å². The van der Waals surface area contributed by atoms with Crippen molar-refractivity contribution in [2.45, 2.75) is 11.1 Å². The maximum absolute atomic E-state index is 10.6. The Morgan fingerprint density at radius 1 is 1.71 bits per heavy atom. The van der Waals surface area contributed by atoms with Crippen molar-refractivity contribution in [2.75, 3.05) is 5.75 Å². The molecule has 1 heterocycles. The highest BCUT2D eigenvalue weighted by Crippen LogP contribution is 2.10. The van der Waals surface area contributed by atoms with Crippen molar-refractivity contribution in [3.05, 3.63) is 24.4 Å². The molecule has 76 valence electrons. The van der Waals surface area contributed by atoms with E-state index in [1.807, 2.05) is 6.07 Å². The van der Waals surface area contributed by atoms with E-state index in [1.165, 1.54) is 11.9 Å². The van der Waals surface area contributed by atoms with Gasteiger partial charge in [0.15, 0.2) is 0 Å². The number of carboxylic acids is 1. The molecule has 4 nitrogen and oxygen atoms in total. The Balaban J connectivity index is 2.44. The SMILES string of the molecule is O=C(O)C(CS)NSc1ccccn1. The molecular weight excluding hydrogens is 220 g/mol. The van der Waals surface area contributed by atoms with Gasteiger partial charge in [0, 0.05) is 11.9 Å². The van der Waals surface area contributed by atoms with Crippen LogP contribution in [0.2, 0.25) is 0 Å². The summed E-state index contributed by atoms with van der Waals surface area (Å²) in [6.45, 7) is 0. The third-order valence-electron chi connectivity index (χ3n) is 1.42. The van der Waals surface area contributed by atoms with Crippen molar-refractivity contribution in [2.24, 2.45) is 0 Å². The number of pyridine rings is 1. The van der Waals surface area contributed by atoms with Gasteiger partial charge in [0.1, 0.15) is 11.1 Å². The van der Waals surface area contributed by atoms with Crippen LogP contribution in [0.5, 0.6) is 0 Å². The number of hydrogen-bond acceptors (Lipinski definition) is 5. The molecular formula is C8H10N2O2S2. The summed E-state index contributed by atoms with van der Waals surface area (Å²) in [4.78, 5) is 14.6. The van der Waals surface area contributed by atoms with Crippen LogP contribution in [0.3, 0.4) is 0 Å². The maximum atomic E-state index is 10.6. The second-order valence-electron chi connectivity index (χ2n) is 2.46. The maximum Gasteiger partial charge on any atom is 0.322 e. The average molecular weight is 230 g/mol. The van der Waals surface area contributed by atoms with Crippen molar-refractivity contribution >= 4 is 30.5 Å². The van der Waals surface area contributed by atoms with Gasteiger partial charge in [0.2, 0.25) is 0 Å². The standard InChI is InChI=1S/C8H10N2O2S2/c11-8(12)6(5-13)10-14-7-3-1-2-4-9-7/h1-4,6,10,13H,5H2,(H,11,12). The van der Waals surface area contributed by atoms with Crippen LogP contribution in [0.15, 0.2) is 29.4 Å². The Morgan fingerprint density at radius 3 is 3.00 bits per heavy atom.